The van der Waals surface area contributed by atoms with Crippen molar-refractivity contribution < 1.29 is 4.79 Å². The molecule has 3 N–H and O–H groups in total. The molecule has 3 aromatic heterocycles. The predicted octanol–water partition coefficient (Wildman–Crippen LogP) is 3.41. The summed E-state index contributed by atoms with van der Waals surface area (Å²) in [6.45, 7) is 1.10. The van der Waals surface area contributed by atoms with Gasteiger partial charge in [0.25, 0.3) is 5.91 Å². The van der Waals surface area contributed by atoms with Crippen LogP contribution in [0.15, 0.2) is 66.9 Å². The largest absolute Gasteiger partial charge is 0.382 e. The Labute approximate surface area is 201 Å². The summed E-state index contributed by atoms with van der Waals surface area (Å²) in [5, 5.41) is 12.2. The van der Waals surface area contributed by atoms with E-state index >= 15 is 0 Å². The minimum atomic E-state index is -0.409. The van der Waals surface area contributed by atoms with E-state index in [1.807, 2.05) is 65.2 Å². The number of carbonyl (C=O) groups excluding carboxylic acids is 1. The molecular formula is C26H22N8O. The zero-order valence-electron chi connectivity index (χ0n) is 18.8. The Hall–Kier alpha value is -4.66. The second-order valence-electron chi connectivity index (χ2n) is 8.40. The van der Waals surface area contributed by atoms with E-state index in [-0.39, 0.29) is 18.1 Å². The average molecular weight is 463 g/mol. The summed E-state index contributed by atoms with van der Waals surface area (Å²) in [6.07, 6.45) is 3.70. The van der Waals surface area contributed by atoms with Gasteiger partial charge in [0.05, 0.1) is 23.4 Å². The lowest BCUT2D eigenvalue weighted by molar-refractivity contribution is 0.0945. The van der Waals surface area contributed by atoms with Gasteiger partial charge in [-0.15, -0.1) is 10.2 Å². The maximum absolute atomic E-state index is 13.1. The number of carbonyl (C=O) groups is 1. The summed E-state index contributed by atoms with van der Waals surface area (Å²) in [5.41, 5.74) is 10.1. The molecule has 0 bridgehead atoms. The molecule has 0 aliphatic carbocycles. The van der Waals surface area contributed by atoms with Gasteiger partial charge in [-0.3, -0.25) is 9.78 Å². The van der Waals surface area contributed by atoms with Crippen LogP contribution in [0.5, 0.6) is 0 Å². The number of rotatable bonds is 5. The lowest BCUT2D eigenvalue weighted by Crippen LogP contribution is -2.27. The zero-order valence-corrected chi connectivity index (χ0v) is 18.8. The van der Waals surface area contributed by atoms with Crippen molar-refractivity contribution in [3.8, 4) is 22.5 Å². The fourth-order valence-electron chi connectivity index (χ4n) is 4.42. The molecule has 1 aliphatic rings. The van der Waals surface area contributed by atoms with Crippen LogP contribution in [0, 0.1) is 0 Å². The van der Waals surface area contributed by atoms with Crippen molar-refractivity contribution in [1.82, 2.24) is 35.0 Å². The maximum Gasteiger partial charge on any atom is 0.274 e. The first-order valence-corrected chi connectivity index (χ1v) is 11.4. The molecule has 172 valence electrons. The number of fused-ring (bicyclic) bond motifs is 2. The molecule has 5 aromatic rings. The monoisotopic (exact) mass is 462 g/mol. The summed E-state index contributed by atoms with van der Waals surface area (Å²) >= 11 is 0. The Morgan fingerprint density at radius 3 is 2.71 bits per heavy atom. The normalized spacial score (nSPS) is 12.6. The fraction of sp³-hybridized carbons (Fsp3) is 0.154. The Kier molecular flexibility index (Phi) is 5.14. The van der Waals surface area contributed by atoms with Gasteiger partial charge in [-0.05, 0) is 24.6 Å². The van der Waals surface area contributed by atoms with Gasteiger partial charge >= 0.3 is 0 Å². The quantitative estimate of drug-likeness (QED) is 0.410. The Morgan fingerprint density at radius 1 is 0.971 bits per heavy atom. The topological polar surface area (TPSA) is 124 Å². The van der Waals surface area contributed by atoms with Gasteiger partial charge in [0.15, 0.2) is 17.3 Å². The molecule has 0 spiro atoms. The number of aromatic nitrogens is 6. The minimum absolute atomic E-state index is 0.0685. The molecule has 1 aliphatic heterocycles. The van der Waals surface area contributed by atoms with Gasteiger partial charge in [-0.25, -0.2) is 9.97 Å². The maximum atomic E-state index is 13.1. The number of amides is 1. The molecule has 35 heavy (non-hydrogen) atoms. The van der Waals surface area contributed by atoms with Crippen LogP contribution in [0.4, 0.5) is 5.82 Å². The van der Waals surface area contributed by atoms with E-state index in [1.165, 1.54) is 0 Å². The predicted molar refractivity (Wildman–Crippen MR) is 132 cm³/mol. The Balaban J connectivity index is 1.40. The van der Waals surface area contributed by atoms with Gasteiger partial charge in [-0.2, -0.15) is 0 Å². The van der Waals surface area contributed by atoms with Gasteiger partial charge in [0.1, 0.15) is 5.82 Å². The molecule has 6 rings (SSSR count). The van der Waals surface area contributed by atoms with Gasteiger partial charge in [0, 0.05) is 35.7 Å². The van der Waals surface area contributed by atoms with E-state index in [9.17, 15) is 4.79 Å². The molecule has 9 heteroatoms. The van der Waals surface area contributed by atoms with Crippen molar-refractivity contribution in [2.75, 3.05) is 5.73 Å². The van der Waals surface area contributed by atoms with Gasteiger partial charge in [-0.1, -0.05) is 42.5 Å². The van der Waals surface area contributed by atoms with Crippen molar-refractivity contribution in [1.29, 1.82) is 0 Å². The molecule has 2 aromatic carbocycles. The van der Waals surface area contributed by atoms with E-state index in [4.69, 9.17) is 10.7 Å². The smallest absolute Gasteiger partial charge is 0.274 e. The molecule has 4 heterocycles. The van der Waals surface area contributed by atoms with Crippen molar-refractivity contribution in [2.24, 2.45) is 0 Å². The van der Waals surface area contributed by atoms with Crippen LogP contribution in [0.25, 0.3) is 33.4 Å². The number of pyridine rings is 1. The lowest BCUT2D eigenvalue weighted by Gasteiger charge is -2.13. The number of nitrogens with one attached hydrogen (secondary N) is 1. The van der Waals surface area contributed by atoms with Gasteiger partial charge < -0.3 is 15.6 Å². The summed E-state index contributed by atoms with van der Waals surface area (Å²) in [6, 6.07) is 19.4. The lowest BCUT2D eigenvalue weighted by atomic mass is 10.0. The molecule has 0 fully saturated rings. The first kappa shape index (κ1) is 20.9. The summed E-state index contributed by atoms with van der Waals surface area (Å²) in [7, 11) is 0. The fourth-order valence-corrected chi connectivity index (χ4v) is 4.42. The Morgan fingerprint density at radius 2 is 1.83 bits per heavy atom. The number of hydrogen-bond donors (Lipinski definition) is 2. The van der Waals surface area contributed by atoms with Crippen molar-refractivity contribution in [3.05, 3.63) is 84.2 Å². The molecule has 0 atom stereocenters. The number of hydrogen-bond acceptors (Lipinski definition) is 7. The van der Waals surface area contributed by atoms with E-state index in [0.717, 1.165) is 53.1 Å². The van der Waals surface area contributed by atoms with Crippen LogP contribution >= 0.6 is 0 Å². The molecule has 0 unspecified atom stereocenters. The first-order chi connectivity index (χ1) is 17.2. The molecule has 0 saturated heterocycles. The second-order valence-corrected chi connectivity index (χ2v) is 8.40. The first-order valence-electron chi connectivity index (χ1n) is 11.4. The third-order valence-corrected chi connectivity index (χ3v) is 6.15. The second kappa shape index (κ2) is 8.60. The van der Waals surface area contributed by atoms with E-state index < -0.39 is 5.91 Å². The number of anilines is 1. The van der Waals surface area contributed by atoms with Crippen molar-refractivity contribution in [2.45, 2.75) is 25.9 Å². The van der Waals surface area contributed by atoms with Crippen LogP contribution in [0.1, 0.15) is 28.6 Å². The highest BCUT2D eigenvalue weighted by molar-refractivity contribution is 5.98. The van der Waals surface area contributed by atoms with Gasteiger partial charge in [0.2, 0.25) is 0 Å². The summed E-state index contributed by atoms with van der Waals surface area (Å²) < 4.78 is 2.04. The van der Waals surface area contributed by atoms with E-state index in [0.29, 0.717) is 11.4 Å². The zero-order chi connectivity index (χ0) is 23.8. The van der Waals surface area contributed by atoms with Crippen LogP contribution in [0.2, 0.25) is 0 Å². The molecule has 1 amide bonds. The number of nitrogens with zero attached hydrogens (tertiary/aromatic N) is 6. The highest BCUT2D eigenvalue weighted by Gasteiger charge is 2.22. The standard InChI is InChI=1S/C26H22N8O/c27-25-24(26(35)29-15-21-33-32-20-9-5-13-34(20)21)30-23(22(31-25)16-6-2-1-3-7-16)18-10-11-19-17(14-18)8-4-12-28-19/h1-4,6-8,10-12,14H,5,9,13,15H2,(H2,27,31)(H,29,35). The van der Waals surface area contributed by atoms with Crippen LogP contribution in [-0.2, 0) is 19.5 Å². The summed E-state index contributed by atoms with van der Waals surface area (Å²) in [4.78, 5) is 26.9. The van der Waals surface area contributed by atoms with Crippen LogP contribution in [-0.4, -0.2) is 35.6 Å². The number of aryl methyl sites for hydroxylation is 1. The molecular weight excluding hydrogens is 440 g/mol. The van der Waals surface area contributed by atoms with E-state index in [2.05, 4.69) is 25.5 Å². The number of benzene rings is 2. The highest BCUT2D eigenvalue weighted by atomic mass is 16.1. The van der Waals surface area contributed by atoms with Crippen LogP contribution < -0.4 is 11.1 Å². The highest BCUT2D eigenvalue weighted by Crippen LogP contribution is 2.32. The van der Waals surface area contributed by atoms with Crippen molar-refractivity contribution in [3.63, 3.8) is 0 Å². The number of nitrogen functional groups attached to an aromatic ring is 1. The van der Waals surface area contributed by atoms with Crippen LogP contribution in [0.3, 0.4) is 0 Å². The third-order valence-electron chi connectivity index (χ3n) is 6.15. The molecule has 0 radical (unpaired) electrons. The van der Waals surface area contributed by atoms with E-state index in [1.54, 1.807) is 6.20 Å². The van der Waals surface area contributed by atoms with Crippen molar-refractivity contribution >= 4 is 22.6 Å². The molecule has 9 nitrogen and oxygen atoms in total. The Bertz CT molecular complexity index is 1560. The minimum Gasteiger partial charge on any atom is -0.382 e. The third kappa shape index (κ3) is 3.86. The number of nitrogens with two attached hydrogens (primary N) is 1. The average Bonchev–Trinajstić information content (AvgIpc) is 3.52. The SMILES string of the molecule is Nc1nc(-c2ccccc2)c(-c2ccc3ncccc3c2)nc1C(=O)NCc1nnc2n1CCC2. The molecule has 0 saturated carbocycles. The summed E-state index contributed by atoms with van der Waals surface area (Å²) in [5.74, 6) is 1.34.